The second-order valence-corrected chi connectivity index (χ2v) is 5.95. The molecule has 0 aromatic heterocycles. The van der Waals surface area contributed by atoms with Crippen molar-refractivity contribution in [2.45, 2.75) is 51.7 Å². The van der Waals surface area contributed by atoms with E-state index < -0.39 is 23.2 Å². The molecule has 1 atom stereocenters. The predicted molar refractivity (Wildman–Crippen MR) is 80.0 cm³/mol. The molecule has 5 heteroatoms. The smallest absolute Gasteiger partial charge is 0.408 e. The Bertz CT molecular complexity index is 493. The molecule has 0 saturated heterocycles. The Morgan fingerprint density at radius 3 is 2.19 bits per heavy atom. The highest BCUT2D eigenvalue weighted by atomic mass is 16.6. The number of carbonyl (C=O) groups is 2. The van der Waals surface area contributed by atoms with Crippen molar-refractivity contribution in [1.82, 2.24) is 5.32 Å². The van der Waals surface area contributed by atoms with E-state index >= 15 is 0 Å². The third-order valence-corrected chi connectivity index (χ3v) is 2.97. The van der Waals surface area contributed by atoms with Gasteiger partial charge in [0.15, 0.2) is 5.54 Å². The molecule has 0 fully saturated rings. The average Bonchev–Trinajstić information content (AvgIpc) is 2.36. The van der Waals surface area contributed by atoms with Crippen LogP contribution in [0.2, 0.25) is 0 Å². The molecule has 0 aliphatic carbocycles. The summed E-state index contributed by atoms with van der Waals surface area (Å²) in [6.07, 6.45) is 0.157. The fraction of sp³-hybridized carbons (Fsp3) is 0.500. The lowest BCUT2D eigenvalue weighted by atomic mass is 9.85. The lowest BCUT2D eigenvalue weighted by molar-refractivity contribution is -0.145. The normalized spacial score (nSPS) is 14.1. The van der Waals surface area contributed by atoms with Crippen molar-refractivity contribution in [3.05, 3.63) is 35.9 Å². The number of aliphatic carboxylic acids is 1. The van der Waals surface area contributed by atoms with Crippen LogP contribution in [0, 0.1) is 0 Å². The lowest BCUT2D eigenvalue weighted by Gasteiger charge is -2.32. The molecule has 0 saturated carbocycles. The Kier molecular flexibility index (Phi) is 5.35. The van der Waals surface area contributed by atoms with E-state index in [1.54, 1.807) is 51.1 Å². The molecule has 1 aromatic carbocycles. The van der Waals surface area contributed by atoms with E-state index in [0.29, 0.717) is 12.0 Å². The molecule has 1 rings (SSSR count). The molecule has 0 aliphatic heterocycles. The summed E-state index contributed by atoms with van der Waals surface area (Å²) in [6, 6.07) is 8.69. The lowest BCUT2D eigenvalue weighted by Crippen LogP contribution is -2.53. The van der Waals surface area contributed by atoms with Crippen LogP contribution in [0.25, 0.3) is 0 Å². The largest absolute Gasteiger partial charge is 0.479 e. The van der Waals surface area contributed by atoms with Crippen molar-refractivity contribution in [1.29, 1.82) is 0 Å². The molecule has 0 radical (unpaired) electrons. The van der Waals surface area contributed by atoms with Gasteiger partial charge in [0.2, 0.25) is 0 Å². The van der Waals surface area contributed by atoms with Crippen molar-refractivity contribution in [3.63, 3.8) is 0 Å². The minimum atomic E-state index is -1.47. The molecular formula is C16H23NO4. The zero-order chi connectivity index (χ0) is 16.1. The van der Waals surface area contributed by atoms with Gasteiger partial charge in [-0.1, -0.05) is 43.7 Å². The molecule has 5 nitrogen and oxygen atoms in total. The van der Waals surface area contributed by atoms with Crippen LogP contribution >= 0.6 is 0 Å². The van der Waals surface area contributed by atoms with E-state index in [0.717, 1.165) is 0 Å². The van der Waals surface area contributed by atoms with E-state index in [2.05, 4.69) is 5.32 Å². The first kappa shape index (κ1) is 17.0. The number of nitrogens with one attached hydrogen (secondary N) is 1. The molecule has 116 valence electrons. The SMILES string of the molecule is CCCC(NC(=O)OC(C)(C)C)(C(=O)O)c1ccccc1. The average molecular weight is 293 g/mol. The van der Waals surface area contributed by atoms with Crippen LogP contribution in [0.4, 0.5) is 4.79 Å². The topological polar surface area (TPSA) is 75.6 Å². The molecule has 1 amide bonds. The first-order valence-corrected chi connectivity index (χ1v) is 7.01. The van der Waals surface area contributed by atoms with Gasteiger partial charge in [-0.3, -0.25) is 0 Å². The third-order valence-electron chi connectivity index (χ3n) is 2.97. The highest BCUT2D eigenvalue weighted by molar-refractivity contribution is 5.86. The van der Waals surface area contributed by atoms with E-state index in [1.807, 2.05) is 6.92 Å². The summed E-state index contributed by atoms with van der Waals surface area (Å²) in [6.45, 7) is 7.07. The molecule has 0 spiro atoms. The van der Waals surface area contributed by atoms with Crippen LogP contribution in [0.1, 0.15) is 46.1 Å². The number of carbonyl (C=O) groups excluding carboxylic acids is 1. The highest BCUT2D eigenvalue weighted by Gasteiger charge is 2.42. The number of carboxylic acids is 1. The molecule has 0 bridgehead atoms. The minimum Gasteiger partial charge on any atom is -0.479 e. The summed E-state index contributed by atoms with van der Waals surface area (Å²) >= 11 is 0. The third kappa shape index (κ3) is 4.48. The minimum absolute atomic E-state index is 0.283. The Hall–Kier alpha value is -2.04. The molecular weight excluding hydrogens is 270 g/mol. The maximum atomic E-state index is 12.0. The van der Waals surface area contributed by atoms with Crippen LogP contribution in [0.5, 0.6) is 0 Å². The number of ether oxygens (including phenoxy) is 1. The van der Waals surface area contributed by atoms with Crippen molar-refractivity contribution < 1.29 is 19.4 Å². The van der Waals surface area contributed by atoms with Gasteiger partial charge in [0.1, 0.15) is 5.60 Å². The second kappa shape index (κ2) is 6.61. The van der Waals surface area contributed by atoms with E-state index in [-0.39, 0.29) is 6.42 Å². The van der Waals surface area contributed by atoms with Gasteiger partial charge in [-0.2, -0.15) is 0 Å². The number of hydrogen-bond acceptors (Lipinski definition) is 3. The van der Waals surface area contributed by atoms with Gasteiger partial charge in [0.25, 0.3) is 0 Å². The van der Waals surface area contributed by atoms with Crippen LogP contribution in [0.3, 0.4) is 0 Å². The van der Waals surface area contributed by atoms with Crippen molar-refractivity contribution >= 4 is 12.1 Å². The standard InChI is InChI=1S/C16H23NO4/c1-5-11-16(13(18)19,12-9-7-6-8-10-12)17-14(20)21-15(2,3)4/h6-10H,5,11H2,1-4H3,(H,17,20)(H,18,19). The molecule has 0 heterocycles. The van der Waals surface area contributed by atoms with E-state index in [1.165, 1.54) is 0 Å². The van der Waals surface area contributed by atoms with Crippen LogP contribution < -0.4 is 5.32 Å². The van der Waals surface area contributed by atoms with Crippen molar-refractivity contribution in [3.8, 4) is 0 Å². The summed E-state index contributed by atoms with van der Waals surface area (Å²) in [5.41, 5.74) is -1.62. The van der Waals surface area contributed by atoms with Gasteiger partial charge in [-0.15, -0.1) is 0 Å². The quantitative estimate of drug-likeness (QED) is 0.873. The number of rotatable bonds is 5. The van der Waals surface area contributed by atoms with Crippen LogP contribution in [-0.4, -0.2) is 22.8 Å². The first-order valence-electron chi connectivity index (χ1n) is 7.01. The number of carboxylic acid groups (broad SMARTS) is 1. The van der Waals surface area contributed by atoms with Gasteiger partial charge in [-0.05, 0) is 32.8 Å². The second-order valence-electron chi connectivity index (χ2n) is 5.95. The first-order chi connectivity index (χ1) is 9.71. The summed E-state index contributed by atoms with van der Waals surface area (Å²) in [7, 11) is 0. The summed E-state index contributed by atoms with van der Waals surface area (Å²) < 4.78 is 5.20. The van der Waals surface area contributed by atoms with Crippen molar-refractivity contribution in [2.75, 3.05) is 0 Å². The maximum Gasteiger partial charge on any atom is 0.408 e. The summed E-state index contributed by atoms with van der Waals surface area (Å²) in [4.78, 5) is 23.9. The van der Waals surface area contributed by atoms with E-state index in [9.17, 15) is 14.7 Å². The highest BCUT2D eigenvalue weighted by Crippen LogP contribution is 2.27. The zero-order valence-electron chi connectivity index (χ0n) is 13.0. The summed E-state index contributed by atoms with van der Waals surface area (Å²) in [5.74, 6) is -1.10. The Labute approximate surface area is 125 Å². The number of amides is 1. The monoisotopic (exact) mass is 293 g/mol. The number of hydrogen-bond donors (Lipinski definition) is 2. The van der Waals surface area contributed by atoms with E-state index in [4.69, 9.17) is 4.74 Å². The molecule has 21 heavy (non-hydrogen) atoms. The van der Waals surface area contributed by atoms with Gasteiger partial charge < -0.3 is 15.2 Å². The molecule has 1 aromatic rings. The molecule has 1 unspecified atom stereocenters. The van der Waals surface area contributed by atoms with Crippen LogP contribution in [0.15, 0.2) is 30.3 Å². The van der Waals surface area contributed by atoms with Crippen LogP contribution in [-0.2, 0) is 15.1 Å². The fourth-order valence-corrected chi connectivity index (χ4v) is 2.14. The Morgan fingerprint density at radius 2 is 1.76 bits per heavy atom. The predicted octanol–water partition coefficient (Wildman–Crippen LogP) is 3.29. The maximum absolute atomic E-state index is 12.0. The molecule has 2 N–H and O–H groups in total. The zero-order valence-corrected chi connectivity index (χ0v) is 13.0. The molecule has 0 aliphatic rings. The van der Waals surface area contributed by atoms with Gasteiger partial charge >= 0.3 is 12.1 Å². The van der Waals surface area contributed by atoms with Crippen molar-refractivity contribution in [2.24, 2.45) is 0 Å². The number of benzene rings is 1. The van der Waals surface area contributed by atoms with Gasteiger partial charge in [0, 0.05) is 0 Å². The van der Waals surface area contributed by atoms with Gasteiger partial charge in [-0.25, -0.2) is 9.59 Å². The fourth-order valence-electron chi connectivity index (χ4n) is 2.14. The summed E-state index contributed by atoms with van der Waals surface area (Å²) in [5, 5.41) is 12.2. The number of alkyl carbamates (subject to hydrolysis) is 1. The Morgan fingerprint density at radius 1 is 1.19 bits per heavy atom. The Balaban J connectivity index is 3.14. The van der Waals surface area contributed by atoms with Gasteiger partial charge in [0.05, 0.1) is 0 Å².